The minimum atomic E-state index is -0.420. The van der Waals surface area contributed by atoms with E-state index >= 15 is 0 Å². The molecular weight excluding hydrogens is 486 g/mol. The van der Waals surface area contributed by atoms with Gasteiger partial charge in [0.1, 0.15) is 17.4 Å². The summed E-state index contributed by atoms with van der Waals surface area (Å²) in [7, 11) is 3.51. The van der Waals surface area contributed by atoms with Crippen molar-refractivity contribution in [1.29, 1.82) is 0 Å². The number of nitrogens with zero attached hydrogens (tertiary/aromatic N) is 3. The number of anilines is 2. The van der Waals surface area contributed by atoms with E-state index in [1.54, 1.807) is 48.7 Å². The van der Waals surface area contributed by atoms with Crippen LogP contribution in [0.1, 0.15) is 26.3 Å². The minimum Gasteiger partial charge on any atom is -0.497 e. The van der Waals surface area contributed by atoms with E-state index in [-0.39, 0.29) is 11.5 Å². The van der Waals surface area contributed by atoms with Crippen molar-refractivity contribution in [2.75, 3.05) is 37.9 Å². The largest absolute Gasteiger partial charge is 0.497 e. The number of hydrogen-bond donors (Lipinski definition) is 2. The molecule has 33 heavy (non-hydrogen) atoms. The van der Waals surface area contributed by atoms with Gasteiger partial charge in [-0.15, -0.1) is 0 Å². The van der Waals surface area contributed by atoms with Crippen molar-refractivity contribution in [3.05, 3.63) is 82.0 Å². The first-order valence-electron chi connectivity index (χ1n) is 10.2. The number of aliphatic imine (C=N–C) groups is 1. The van der Waals surface area contributed by atoms with E-state index < -0.39 is 5.91 Å². The predicted octanol–water partition coefficient (Wildman–Crippen LogP) is 4.05. The molecule has 2 N–H and O–H groups in total. The molecule has 0 saturated carbocycles. The van der Waals surface area contributed by atoms with Crippen LogP contribution < -0.4 is 15.4 Å². The van der Waals surface area contributed by atoms with Gasteiger partial charge in [0, 0.05) is 35.4 Å². The third kappa shape index (κ3) is 5.20. The molecule has 0 unspecified atom stereocenters. The number of methoxy groups -OCH3 is 1. The van der Waals surface area contributed by atoms with Crippen LogP contribution in [0, 0.1) is 0 Å². The van der Waals surface area contributed by atoms with E-state index in [2.05, 4.69) is 41.4 Å². The molecule has 0 fully saturated rings. The number of benzene rings is 2. The molecule has 168 valence electrons. The quantitative estimate of drug-likeness (QED) is 0.524. The van der Waals surface area contributed by atoms with Gasteiger partial charge in [-0.2, -0.15) is 0 Å². The standard InChI is InChI=1S/C24H22BrN5O3/c1-30-12-11-26-22(30)15-3-5-16(6-4-15)23(31)28-20-9-8-18(33-2)13-19(20)24(32)29-21-10-7-17(25)14-27-21/h3-10,13-14H,11-12H2,1-2H3,(H,28,31)(H,27,29,32). The molecule has 4 rings (SSSR count). The van der Waals surface area contributed by atoms with Gasteiger partial charge in [0.2, 0.25) is 0 Å². The van der Waals surface area contributed by atoms with Crippen LogP contribution in [0.15, 0.2) is 70.3 Å². The Morgan fingerprint density at radius 1 is 1.03 bits per heavy atom. The number of nitrogens with one attached hydrogen (secondary N) is 2. The molecule has 1 aromatic heterocycles. The lowest BCUT2D eigenvalue weighted by molar-refractivity contribution is 0.102. The van der Waals surface area contributed by atoms with Crippen LogP contribution in [0.2, 0.25) is 0 Å². The van der Waals surface area contributed by atoms with Gasteiger partial charge in [0.25, 0.3) is 11.8 Å². The van der Waals surface area contributed by atoms with Crippen LogP contribution in [-0.4, -0.2) is 54.8 Å². The molecule has 0 spiro atoms. The number of halogens is 1. The molecular formula is C24H22BrN5O3. The van der Waals surface area contributed by atoms with Gasteiger partial charge in [0.05, 0.1) is 24.9 Å². The highest BCUT2D eigenvalue weighted by molar-refractivity contribution is 9.10. The molecule has 1 aliphatic rings. The lowest BCUT2D eigenvalue weighted by Gasteiger charge is -2.15. The van der Waals surface area contributed by atoms with Gasteiger partial charge < -0.3 is 20.3 Å². The lowest BCUT2D eigenvalue weighted by Crippen LogP contribution is -2.23. The zero-order valence-electron chi connectivity index (χ0n) is 18.1. The summed E-state index contributed by atoms with van der Waals surface area (Å²) < 4.78 is 6.06. The Morgan fingerprint density at radius 3 is 2.45 bits per heavy atom. The Bertz CT molecular complexity index is 1210. The SMILES string of the molecule is COc1ccc(NC(=O)c2ccc(C3=NCCN3C)cc2)c(C(=O)Nc2ccc(Br)cn2)c1. The molecule has 8 nitrogen and oxygen atoms in total. The number of amides is 2. The van der Waals surface area contributed by atoms with E-state index in [0.717, 1.165) is 29.0 Å². The van der Waals surface area contributed by atoms with Gasteiger partial charge >= 0.3 is 0 Å². The number of carbonyl (C=O) groups is 2. The fourth-order valence-corrected chi connectivity index (χ4v) is 3.62. The summed E-state index contributed by atoms with van der Waals surface area (Å²) in [6, 6.07) is 15.6. The summed E-state index contributed by atoms with van der Waals surface area (Å²) >= 11 is 3.31. The number of rotatable bonds is 6. The highest BCUT2D eigenvalue weighted by atomic mass is 79.9. The maximum atomic E-state index is 12.9. The van der Waals surface area contributed by atoms with Crippen molar-refractivity contribution in [2.45, 2.75) is 0 Å². The van der Waals surface area contributed by atoms with E-state index in [0.29, 0.717) is 22.8 Å². The molecule has 0 atom stereocenters. The number of likely N-dealkylation sites (N-methyl/N-ethyl adjacent to an activating group) is 1. The predicted molar refractivity (Wildman–Crippen MR) is 131 cm³/mol. The molecule has 0 bridgehead atoms. The Morgan fingerprint density at radius 2 is 1.82 bits per heavy atom. The van der Waals surface area contributed by atoms with Crippen molar-refractivity contribution in [2.24, 2.45) is 4.99 Å². The average molecular weight is 508 g/mol. The van der Waals surface area contributed by atoms with Gasteiger partial charge in [-0.25, -0.2) is 4.98 Å². The Labute approximate surface area is 199 Å². The summed E-state index contributed by atoms with van der Waals surface area (Å²) in [4.78, 5) is 36.6. The van der Waals surface area contributed by atoms with Gasteiger partial charge in [0.15, 0.2) is 0 Å². The molecule has 3 aromatic rings. The topological polar surface area (TPSA) is 95.9 Å². The minimum absolute atomic E-state index is 0.256. The zero-order valence-corrected chi connectivity index (χ0v) is 19.7. The Hall–Kier alpha value is -3.72. The van der Waals surface area contributed by atoms with Crippen LogP contribution >= 0.6 is 15.9 Å². The smallest absolute Gasteiger partial charge is 0.259 e. The first-order valence-corrected chi connectivity index (χ1v) is 11.0. The first-order chi connectivity index (χ1) is 15.9. The number of carbonyl (C=O) groups excluding carboxylic acids is 2. The molecule has 2 amide bonds. The summed E-state index contributed by atoms with van der Waals surface area (Å²) in [5.74, 6) is 1.05. The number of aromatic nitrogens is 1. The molecule has 9 heteroatoms. The van der Waals surface area contributed by atoms with Gasteiger partial charge in [-0.05, 0) is 58.4 Å². The Balaban J connectivity index is 1.54. The van der Waals surface area contributed by atoms with Crippen molar-refractivity contribution in [3.63, 3.8) is 0 Å². The molecule has 1 aliphatic heterocycles. The van der Waals surface area contributed by atoms with Crippen LogP contribution in [0.4, 0.5) is 11.5 Å². The van der Waals surface area contributed by atoms with Crippen molar-refractivity contribution >= 4 is 45.1 Å². The fourth-order valence-electron chi connectivity index (χ4n) is 3.39. The van der Waals surface area contributed by atoms with E-state index in [4.69, 9.17) is 4.74 Å². The van der Waals surface area contributed by atoms with Crippen molar-refractivity contribution in [3.8, 4) is 5.75 Å². The second-order valence-corrected chi connectivity index (χ2v) is 8.30. The second-order valence-electron chi connectivity index (χ2n) is 7.39. The maximum absolute atomic E-state index is 12.9. The normalized spacial score (nSPS) is 12.8. The van der Waals surface area contributed by atoms with Crippen LogP contribution in [0.3, 0.4) is 0 Å². The van der Waals surface area contributed by atoms with E-state index in [9.17, 15) is 9.59 Å². The highest BCUT2D eigenvalue weighted by Gasteiger charge is 2.18. The zero-order chi connectivity index (χ0) is 23.4. The monoisotopic (exact) mass is 507 g/mol. The second kappa shape index (κ2) is 9.83. The average Bonchev–Trinajstić information content (AvgIpc) is 3.26. The fraction of sp³-hybridized carbons (Fsp3) is 0.167. The first kappa shape index (κ1) is 22.5. The summed E-state index contributed by atoms with van der Waals surface area (Å²) in [6.07, 6.45) is 1.59. The molecule has 0 aliphatic carbocycles. The number of pyridine rings is 1. The number of ether oxygens (including phenoxy) is 1. The summed E-state index contributed by atoms with van der Waals surface area (Å²) in [5, 5.41) is 5.57. The summed E-state index contributed by atoms with van der Waals surface area (Å²) in [5.41, 5.74) is 2.04. The number of hydrogen-bond acceptors (Lipinski definition) is 6. The number of amidine groups is 1. The van der Waals surface area contributed by atoms with Crippen LogP contribution in [0.25, 0.3) is 0 Å². The van der Waals surface area contributed by atoms with Crippen molar-refractivity contribution in [1.82, 2.24) is 9.88 Å². The third-order valence-corrected chi connectivity index (χ3v) is 5.62. The molecule has 2 aromatic carbocycles. The van der Waals surface area contributed by atoms with E-state index in [1.807, 2.05) is 19.2 Å². The van der Waals surface area contributed by atoms with E-state index in [1.165, 1.54) is 7.11 Å². The maximum Gasteiger partial charge on any atom is 0.259 e. The third-order valence-electron chi connectivity index (χ3n) is 5.15. The molecule has 0 radical (unpaired) electrons. The highest BCUT2D eigenvalue weighted by Crippen LogP contribution is 2.24. The lowest BCUT2D eigenvalue weighted by atomic mass is 10.1. The summed E-state index contributed by atoms with van der Waals surface area (Å²) in [6.45, 7) is 1.65. The van der Waals surface area contributed by atoms with Crippen LogP contribution in [-0.2, 0) is 0 Å². The molecule has 2 heterocycles. The van der Waals surface area contributed by atoms with Crippen molar-refractivity contribution < 1.29 is 14.3 Å². The molecule has 0 saturated heterocycles. The van der Waals surface area contributed by atoms with Gasteiger partial charge in [-0.1, -0.05) is 12.1 Å². The van der Waals surface area contributed by atoms with Crippen LogP contribution in [0.5, 0.6) is 5.75 Å². The van der Waals surface area contributed by atoms with Gasteiger partial charge in [-0.3, -0.25) is 14.6 Å². The Kier molecular flexibility index (Phi) is 6.69.